The van der Waals surface area contributed by atoms with Gasteiger partial charge in [0, 0.05) is 29.3 Å². The first-order chi connectivity index (χ1) is 12.1. The molecule has 132 valence electrons. The summed E-state index contributed by atoms with van der Waals surface area (Å²) in [6, 6.07) is 11.8. The molecule has 3 nitrogen and oxygen atoms in total. The minimum atomic E-state index is -0.187. The number of Topliss-reactive ketones (excluding diaryl/α,β-unsaturated/α-hetero) is 1. The lowest BCUT2D eigenvalue weighted by Crippen LogP contribution is -2.40. The smallest absolute Gasteiger partial charge is 0.226 e. The van der Waals surface area contributed by atoms with E-state index in [0.717, 1.165) is 36.8 Å². The summed E-state index contributed by atoms with van der Waals surface area (Å²) in [4.78, 5) is 29.0. The molecular formula is C21H25NO2S. The molecule has 25 heavy (non-hydrogen) atoms. The number of thiophene rings is 1. The second-order valence-corrected chi connectivity index (χ2v) is 8.03. The maximum absolute atomic E-state index is 13.0. The number of carbonyl (C=O) groups is 2. The van der Waals surface area contributed by atoms with E-state index >= 15 is 0 Å². The summed E-state index contributed by atoms with van der Waals surface area (Å²) in [5.41, 5.74) is 1.87. The fourth-order valence-electron chi connectivity index (χ4n) is 3.67. The largest absolute Gasteiger partial charge is 0.340 e. The van der Waals surface area contributed by atoms with Gasteiger partial charge in [0.2, 0.25) is 5.91 Å². The molecule has 1 aliphatic rings. The van der Waals surface area contributed by atoms with Gasteiger partial charge in [-0.15, -0.1) is 11.3 Å². The van der Waals surface area contributed by atoms with E-state index in [2.05, 4.69) is 0 Å². The van der Waals surface area contributed by atoms with Crippen molar-refractivity contribution < 1.29 is 9.59 Å². The number of aryl methyl sites for hydroxylation is 1. The van der Waals surface area contributed by atoms with Gasteiger partial charge in [0.05, 0.1) is 6.54 Å². The van der Waals surface area contributed by atoms with Gasteiger partial charge < -0.3 is 4.90 Å². The van der Waals surface area contributed by atoms with Gasteiger partial charge >= 0.3 is 0 Å². The van der Waals surface area contributed by atoms with Crippen LogP contribution >= 0.6 is 11.3 Å². The van der Waals surface area contributed by atoms with Gasteiger partial charge in [0.25, 0.3) is 0 Å². The van der Waals surface area contributed by atoms with E-state index in [4.69, 9.17) is 0 Å². The SMILES string of the molecule is Cc1ccc(C(=O)[C@H]2CCCC[C@H]2C(=O)N(C)Cc2cccs2)cc1. The molecule has 1 aromatic carbocycles. The molecule has 2 aromatic rings. The fourth-order valence-corrected chi connectivity index (χ4v) is 4.43. The monoisotopic (exact) mass is 355 g/mol. The summed E-state index contributed by atoms with van der Waals surface area (Å²) >= 11 is 1.66. The summed E-state index contributed by atoms with van der Waals surface area (Å²) in [5, 5.41) is 2.03. The van der Waals surface area contributed by atoms with Crippen molar-refractivity contribution in [3.8, 4) is 0 Å². The lowest BCUT2D eigenvalue weighted by Gasteiger charge is -2.32. The van der Waals surface area contributed by atoms with Crippen molar-refractivity contribution in [2.45, 2.75) is 39.2 Å². The van der Waals surface area contributed by atoms with Crippen LogP contribution in [-0.4, -0.2) is 23.6 Å². The molecule has 0 bridgehead atoms. The number of hydrogen-bond donors (Lipinski definition) is 0. The zero-order chi connectivity index (χ0) is 17.8. The Balaban J connectivity index is 1.74. The number of ketones is 1. The van der Waals surface area contributed by atoms with Crippen LogP contribution in [-0.2, 0) is 11.3 Å². The van der Waals surface area contributed by atoms with Crippen LogP contribution in [0.4, 0.5) is 0 Å². The van der Waals surface area contributed by atoms with Gasteiger partial charge in [0.15, 0.2) is 5.78 Å². The van der Waals surface area contributed by atoms with Crippen LogP contribution in [0.25, 0.3) is 0 Å². The maximum Gasteiger partial charge on any atom is 0.226 e. The van der Waals surface area contributed by atoms with Gasteiger partial charge in [-0.2, -0.15) is 0 Å². The maximum atomic E-state index is 13.0. The molecule has 0 spiro atoms. The Hall–Kier alpha value is -1.94. The molecule has 1 amide bonds. The number of amides is 1. The average molecular weight is 356 g/mol. The number of nitrogens with zero attached hydrogens (tertiary/aromatic N) is 1. The van der Waals surface area contributed by atoms with Crippen molar-refractivity contribution in [3.63, 3.8) is 0 Å². The van der Waals surface area contributed by atoms with Gasteiger partial charge in [-0.3, -0.25) is 9.59 Å². The molecule has 1 aliphatic carbocycles. The Labute approximate surface area is 153 Å². The Kier molecular flexibility index (Phi) is 5.69. The first kappa shape index (κ1) is 17.9. The highest BCUT2D eigenvalue weighted by Crippen LogP contribution is 2.34. The number of hydrogen-bond acceptors (Lipinski definition) is 3. The van der Waals surface area contributed by atoms with E-state index in [0.29, 0.717) is 6.54 Å². The molecule has 2 atom stereocenters. The zero-order valence-electron chi connectivity index (χ0n) is 14.9. The van der Waals surface area contributed by atoms with E-state index in [1.807, 2.05) is 55.7 Å². The summed E-state index contributed by atoms with van der Waals surface area (Å²) in [6.07, 6.45) is 3.69. The van der Waals surface area contributed by atoms with Crippen LogP contribution in [0.2, 0.25) is 0 Å². The number of carbonyl (C=O) groups excluding carboxylic acids is 2. The summed E-state index contributed by atoms with van der Waals surface area (Å²) < 4.78 is 0. The van der Waals surface area contributed by atoms with Crippen molar-refractivity contribution in [2.75, 3.05) is 7.05 Å². The Morgan fingerprint density at radius 1 is 1.08 bits per heavy atom. The van der Waals surface area contributed by atoms with Crippen LogP contribution in [0, 0.1) is 18.8 Å². The summed E-state index contributed by atoms with van der Waals surface area (Å²) in [7, 11) is 1.85. The van der Waals surface area contributed by atoms with Crippen LogP contribution in [0.1, 0.15) is 46.5 Å². The molecule has 0 N–H and O–H groups in total. The third kappa shape index (κ3) is 4.18. The van der Waals surface area contributed by atoms with Gasteiger partial charge in [-0.05, 0) is 31.2 Å². The van der Waals surface area contributed by atoms with Crippen molar-refractivity contribution in [2.24, 2.45) is 11.8 Å². The fraction of sp³-hybridized carbons (Fsp3) is 0.429. The Bertz CT molecular complexity index is 721. The van der Waals surface area contributed by atoms with Crippen LogP contribution in [0.15, 0.2) is 41.8 Å². The number of benzene rings is 1. The van der Waals surface area contributed by atoms with E-state index in [1.165, 1.54) is 4.88 Å². The Morgan fingerprint density at radius 3 is 2.40 bits per heavy atom. The molecule has 0 aliphatic heterocycles. The van der Waals surface area contributed by atoms with Gasteiger partial charge in [-0.25, -0.2) is 0 Å². The van der Waals surface area contributed by atoms with Crippen LogP contribution in [0.5, 0.6) is 0 Å². The molecule has 1 heterocycles. The lowest BCUT2D eigenvalue weighted by molar-refractivity contribution is -0.137. The van der Waals surface area contributed by atoms with Crippen molar-refractivity contribution in [1.29, 1.82) is 0 Å². The van der Waals surface area contributed by atoms with E-state index < -0.39 is 0 Å². The molecular weight excluding hydrogens is 330 g/mol. The molecule has 0 radical (unpaired) electrons. The minimum absolute atomic E-state index is 0.110. The van der Waals surface area contributed by atoms with E-state index in [1.54, 1.807) is 16.2 Å². The third-order valence-electron chi connectivity index (χ3n) is 5.11. The van der Waals surface area contributed by atoms with E-state index in [9.17, 15) is 9.59 Å². The first-order valence-electron chi connectivity index (χ1n) is 8.94. The highest BCUT2D eigenvalue weighted by molar-refractivity contribution is 7.09. The van der Waals surface area contributed by atoms with E-state index in [-0.39, 0.29) is 23.5 Å². The predicted octanol–water partition coefficient (Wildman–Crippen LogP) is 4.70. The third-order valence-corrected chi connectivity index (χ3v) is 5.97. The average Bonchev–Trinajstić information content (AvgIpc) is 3.14. The van der Waals surface area contributed by atoms with Gasteiger partial charge in [0.1, 0.15) is 0 Å². The second kappa shape index (κ2) is 7.96. The standard InChI is InChI=1S/C21H25NO2S/c1-15-9-11-16(12-10-15)20(23)18-7-3-4-8-19(18)21(24)22(2)14-17-6-5-13-25-17/h5-6,9-13,18-19H,3-4,7-8,14H2,1-2H3/t18-,19+/m0/s1. The zero-order valence-corrected chi connectivity index (χ0v) is 15.7. The summed E-state index contributed by atoms with van der Waals surface area (Å²) in [5.74, 6) is -0.136. The first-order valence-corrected chi connectivity index (χ1v) is 9.82. The summed E-state index contributed by atoms with van der Waals surface area (Å²) in [6.45, 7) is 2.64. The normalized spacial score (nSPS) is 20.2. The molecule has 4 heteroatoms. The quantitative estimate of drug-likeness (QED) is 0.729. The second-order valence-electron chi connectivity index (χ2n) is 7.00. The molecule has 1 aromatic heterocycles. The highest BCUT2D eigenvalue weighted by atomic mass is 32.1. The minimum Gasteiger partial charge on any atom is -0.340 e. The van der Waals surface area contributed by atoms with Crippen molar-refractivity contribution >= 4 is 23.0 Å². The Morgan fingerprint density at radius 2 is 1.76 bits per heavy atom. The molecule has 3 rings (SSSR count). The van der Waals surface area contributed by atoms with Crippen LogP contribution in [0.3, 0.4) is 0 Å². The predicted molar refractivity (Wildman–Crippen MR) is 102 cm³/mol. The number of rotatable bonds is 5. The van der Waals surface area contributed by atoms with Crippen LogP contribution < -0.4 is 0 Å². The van der Waals surface area contributed by atoms with Gasteiger partial charge in [-0.1, -0.05) is 48.7 Å². The lowest BCUT2D eigenvalue weighted by atomic mass is 9.74. The molecule has 0 unspecified atom stereocenters. The molecule has 0 saturated heterocycles. The van der Waals surface area contributed by atoms with Crippen molar-refractivity contribution in [3.05, 3.63) is 57.8 Å². The topological polar surface area (TPSA) is 37.4 Å². The van der Waals surface area contributed by atoms with Crippen molar-refractivity contribution in [1.82, 2.24) is 4.90 Å². The molecule has 1 saturated carbocycles. The molecule has 1 fully saturated rings. The highest BCUT2D eigenvalue weighted by Gasteiger charge is 2.37.